The Kier molecular flexibility index (Phi) is 4.73. The van der Waals surface area contributed by atoms with Crippen molar-refractivity contribution >= 4 is 5.78 Å². The van der Waals surface area contributed by atoms with Gasteiger partial charge < -0.3 is 9.47 Å². The van der Waals surface area contributed by atoms with E-state index in [1.165, 1.54) is 14.2 Å². The van der Waals surface area contributed by atoms with Crippen molar-refractivity contribution in [3.8, 4) is 17.6 Å². The number of rotatable bonds is 5. The molecule has 4 heteroatoms. The molecule has 4 nitrogen and oxygen atoms in total. The number of carbonyl (C=O) groups is 1. The molecule has 1 aromatic rings. The van der Waals surface area contributed by atoms with Crippen LogP contribution >= 0.6 is 0 Å². The largest absolute Gasteiger partial charge is 0.497 e. The predicted octanol–water partition coefficient (Wildman–Crippen LogP) is 2.54. The average molecular weight is 247 g/mol. The number of ether oxygens (including phenoxy) is 2. The summed E-state index contributed by atoms with van der Waals surface area (Å²) >= 11 is 0. The van der Waals surface area contributed by atoms with E-state index in [9.17, 15) is 10.1 Å². The number of hydrogen-bond donors (Lipinski definition) is 0. The Balaban J connectivity index is 3.27. The maximum atomic E-state index is 12.0. The first kappa shape index (κ1) is 14.0. The molecule has 1 rings (SSSR count). The molecule has 0 aromatic heterocycles. The summed E-state index contributed by atoms with van der Waals surface area (Å²) in [7, 11) is 3.05. The van der Waals surface area contributed by atoms with Gasteiger partial charge in [-0.05, 0) is 18.2 Å². The van der Waals surface area contributed by atoms with Crippen LogP contribution in [-0.2, 0) is 4.79 Å². The number of methoxy groups -OCH3 is 2. The molecule has 0 heterocycles. The average Bonchev–Trinajstić information content (AvgIpc) is 2.39. The van der Waals surface area contributed by atoms with E-state index < -0.39 is 5.92 Å². The van der Waals surface area contributed by atoms with Crippen LogP contribution in [0.15, 0.2) is 18.2 Å². The number of ketones is 1. The van der Waals surface area contributed by atoms with Crippen molar-refractivity contribution in [2.45, 2.75) is 19.8 Å². The molecule has 1 aromatic carbocycles. The summed E-state index contributed by atoms with van der Waals surface area (Å²) in [6.45, 7) is 3.55. The molecular weight excluding hydrogens is 230 g/mol. The van der Waals surface area contributed by atoms with Gasteiger partial charge in [0.2, 0.25) is 0 Å². The topological polar surface area (TPSA) is 59.3 Å². The van der Waals surface area contributed by atoms with Crippen LogP contribution in [-0.4, -0.2) is 20.0 Å². The van der Waals surface area contributed by atoms with Crippen molar-refractivity contribution in [3.63, 3.8) is 0 Å². The number of nitrogens with zero attached hydrogens (tertiary/aromatic N) is 1. The highest BCUT2D eigenvalue weighted by Crippen LogP contribution is 2.32. The molecule has 0 spiro atoms. The monoisotopic (exact) mass is 247 g/mol. The molecule has 1 unspecified atom stereocenters. The minimum atomic E-state index is -0.824. The zero-order chi connectivity index (χ0) is 13.7. The normalized spacial score (nSPS) is 11.8. The van der Waals surface area contributed by atoms with Crippen LogP contribution in [0.4, 0.5) is 0 Å². The lowest BCUT2D eigenvalue weighted by molar-refractivity contribution is -0.122. The Morgan fingerprint density at radius 1 is 1.28 bits per heavy atom. The third-order valence-corrected chi connectivity index (χ3v) is 2.73. The summed E-state index contributed by atoms with van der Waals surface area (Å²) in [6, 6.07) is 7.15. The van der Waals surface area contributed by atoms with E-state index in [1.807, 2.05) is 6.07 Å². The van der Waals surface area contributed by atoms with E-state index in [4.69, 9.17) is 9.47 Å². The zero-order valence-electron chi connectivity index (χ0n) is 11.1. The number of hydrogen-bond acceptors (Lipinski definition) is 4. The van der Waals surface area contributed by atoms with Gasteiger partial charge in [-0.25, -0.2) is 0 Å². The fourth-order valence-corrected chi connectivity index (χ4v) is 1.68. The number of nitriles is 1. The third kappa shape index (κ3) is 2.80. The highest BCUT2D eigenvalue weighted by atomic mass is 16.5. The Morgan fingerprint density at radius 3 is 2.39 bits per heavy atom. The molecule has 1 atom stereocenters. The van der Waals surface area contributed by atoms with Gasteiger partial charge in [0.25, 0.3) is 0 Å². The molecule has 0 saturated carbocycles. The van der Waals surface area contributed by atoms with Gasteiger partial charge in [-0.1, -0.05) is 13.8 Å². The van der Waals surface area contributed by atoms with Crippen LogP contribution in [0.5, 0.6) is 11.5 Å². The fourth-order valence-electron chi connectivity index (χ4n) is 1.68. The summed E-state index contributed by atoms with van der Waals surface area (Å²) < 4.78 is 10.3. The van der Waals surface area contributed by atoms with Crippen LogP contribution in [0.25, 0.3) is 0 Å². The third-order valence-electron chi connectivity index (χ3n) is 2.73. The van der Waals surface area contributed by atoms with Gasteiger partial charge in [0, 0.05) is 11.5 Å². The quantitative estimate of drug-likeness (QED) is 0.802. The van der Waals surface area contributed by atoms with Gasteiger partial charge in [0.1, 0.15) is 17.4 Å². The molecule has 96 valence electrons. The SMILES string of the molecule is COc1ccc(OC)c(C(C#N)C(=O)C(C)C)c1. The van der Waals surface area contributed by atoms with Crippen LogP contribution in [0.2, 0.25) is 0 Å². The van der Waals surface area contributed by atoms with Crippen molar-refractivity contribution in [1.82, 2.24) is 0 Å². The fraction of sp³-hybridized carbons (Fsp3) is 0.429. The molecular formula is C14H17NO3. The summed E-state index contributed by atoms with van der Waals surface area (Å²) in [5.74, 6) is -0.0244. The van der Waals surface area contributed by atoms with E-state index in [1.54, 1.807) is 32.0 Å². The van der Waals surface area contributed by atoms with Gasteiger partial charge in [0.15, 0.2) is 5.78 Å². The maximum Gasteiger partial charge on any atom is 0.157 e. The van der Waals surface area contributed by atoms with E-state index in [2.05, 4.69) is 0 Å². The van der Waals surface area contributed by atoms with Crippen molar-refractivity contribution in [2.75, 3.05) is 14.2 Å². The number of benzene rings is 1. The molecule has 0 bridgehead atoms. The minimum Gasteiger partial charge on any atom is -0.497 e. The van der Waals surface area contributed by atoms with Crippen molar-refractivity contribution in [2.24, 2.45) is 5.92 Å². The predicted molar refractivity (Wildman–Crippen MR) is 67.7 cm³/mol. The Hall–Kier alpha value is -2.02. The lowest BCUT2D eigenvalue weighted by atomic mass is 9.89. The second kappa shape index (κ2) is 6.06. The summed E-state index contributed by atoms with van der Waals surface area (Å²) in [6.07, 6.45) is 0. The lowest BCUT2D eigenvalue weighted by Gasteiger charge is -2.15. The van der Waals surface area contributed by atoms with Gasteiger partial charge in [0.05, 0.1) is 20.3 Å². The molecule has 0 fully saturated rings. The number of carbonyl (C=O) groups excluding carboxylic acids is 1. The molecule has 0 aliphatic carbocycles. The first-order valence-electron chi connectivity index (χ1n) is 5.70. The Labute approximate surface area is 107 Å². The van der Waals surface area contributed by atoms with Gasteiger partial charge in [-0.2, -0.15) is 5.26 Å². The molecule has 0 N–H and O–H groups in total. The lowest BCUT2D eigenvalue weighted by Crippen LogP contribution is -2.17. The Morgan fingerprint density at radius 2 is 1.94 bits per heavy atom. The van der Waals surface area contributed by atoms with Gasteiger partial charge >= 0.3 is 0 Å². The standard InChI is InChI=1S/C14H17NO3/c1-9(2)14(16)12(8-15)11-7-10(17-3)5-6-13(11)18-4/h5-7,9,12H,1-4H3. The minimum absolute atomic E-state index is 0.121. The number of Topliss-reactive ketones (excluding diaryl/α,β-unsaturated/α-hetero) is 1. The van der Waals surface area contributed by atoms with Crippen molar-refractivity contribution in [3.05, 3.63) is 23.8 Å². The van der Waals surface area contributed by atoms with E-state index in [-0.39, 0.29) is 11.7 Å². The second-order valence-corrected chi connectivity index (χ2v) is 4.23. The summed E-state index contributed by atoms with van der Waals surface area (Å²) in [5.41, 5.74) is 0.554. The van der Waals surface area contributed by atoms with Gasteiger partial charge in [-0.3, -0.25) is 4.79 Å². The first-order chi connectivity index (χ1) is 8.54. The highest BCUT2D eigenvalue weighted by Gasteiger charge is 2.26. The molecule has 0 aliphatic heterocycles. The van der Waals surface area contributed by atoms with Crippen LogP contribution in [0.1, 0.15) is 25.3 Å². The van der Waals surface area contributed by atoms with E-state index >= 15 is 0 Å². The van der Waals surface area contributed by atoms with Crippen LogP contribution < -0.4 is 9.47 Å². The molecule has 0 radical (unpaired) electrons. The summed E-state index contributed by atoms with van der Waals surface area (Å²) in [5, 5.41) is 9.22. The van der Waals surface area contributed by atoms with Gasteiger partial charge in [-0.15, -0.1) is 0 Å². The molecule has 0 aliphatic rings. The molecule has 18 heavy (non-hydrogen) atoms. The van der Waals surface area contributed by atoms with Crippen molar-refractivity contribution < 1.29 is 14.3 Å². The first-order valence-corrected chi connectivity index (χ1v) is 5.70. The second-order valence-electron chi connectivity index (χ2n) is 4.23. The highest BCUT2D eigenvalue weighted by molar-refractivity contribution is 5.90. The molecule has 0 saturated heterocycles. The smallest absolute Gasteiger partial charge is 0.157 e. The van der Waals surface area contributed by atoms with E-state index in [0.29, 0.717) is 17.1 Å². The molecule has 0 amide bonds. The maximum absolute atomic E-state index is 12.0. The Bertz CT molecular complexity index is 474. The zero-order valence-corrected chi connectivity index (χ0v) is 11.1. The van der Waals surface area contributed by atoms with Crippen molar-refractivity contribution in [1.29, 1.82) is 5.26 Å². The summed E-state index contributed by atoms with van der Waals surface area (Å²) in [4.78, 5) is 12.0. The van der Waals surface area contributed by atoms with Crippen LogP contribution in [0, 0.1) is 17.2 Å². The van der Waals surface area contributed by atoms with E-state index in [0.717, 1.165) is 0 Å². The van der Waals surface area contributed by atoms with Crippen LogP contribution in [0.3, 0.4) is 0 Å².